The molecule has 1 atom stereocenters. The highest BCUT2D eigenvalue weighted by atomic mass is 16.6. The quantitative estimate of drug-likeness (QED) is 0.772. The molecule has 22 heavy (non-hydrogen) atoms. The summed E-state index contributed by atoms with van der Waals surface area (Å²) in [5, 5.41) is 2.68. The molecule has 122 valence electrons. The number of alkyl carbamates (subject to hydrolysis) is 1. The van der Waals surface area contributed by atoms with Crippen LogP contribution in [0.3, 0.4) is 0 Å². The van der Waals surface area contributed by atoms with Gasteiger partial charge in [-0.3, -0.25) is 0 Å². The molecule has 0 aliphatic rings. The molecule has 6 heteroatoms. The third-order valence-electron chi connectivity index (χ3n) is 3.25. The summed E-state index contributed by atoms with van der Waals surface area (Å²) >= 11 is 0. The summed E-state index contributed by atoms with van der Waals surface area (Å²) in [6.45, 7) is 4.60. The first-order chi connectivity index (χ1) is 10.4. The van der Waals surface area contributed by atoms with Crippen molar-refractivity contribution < 1.29 is 19.1 Å². The second kappa shape index (κ2) is 8.92. The van der Waals surface area contributed by atoms with Crippen LogP contribution in [0.25, 0.3) is 0 Å². The van der Waals surface area contributed by atoms with Crippen molar-refractivity contribution >= 4 is 12.2 Å². The van der Waals surface area contributed by atoms with E-state index in [0.717, 1.165) is 18.4 Å². The van der Waals surface area contributed by atoms with Crippen molar-refractivity contribution in [3.05, 3.63) is 35.9 Å². The van der Waals surface area contributed by atoms with Crippen molar-refractivity contribution in [1.29, 1.82) is 0 Å². The molecule has 3 N–H and O–H groups in total. The van der Waals surface area contributed by atoms with Crippen molar-refractivity contribution in [2.75, 3.05) is 13.2 Å². The SMILES string of the molecule is CCCC(C)(COC(N)=O)COC(=O)NCc1ccccc1. The maximum absolute atomic E-state index is 11.7. The summed E-state index contributed by atoms with van der Waals surface area (Å²) in [5.74, 6) is 0. The Balaban J connectivity index is 2.39. The molecule has 2 amide bonds. The van der Waals surface area contributed by atoms with Crippen molar-refractivity contribution in [2.24, 2.45) is 11.1 Å². The Kier molecular flexibility index (Phi) is 7.22. The lowest BCUT2D eigenvalue weighted by Gasteiger charge is -2.27. The van der Waals surface area contributed by atoms with Gasteiger partial charge in [-0.2, -0.15) is 0 Å². The van der Waals surface area contributed by atoms with Gasteiger partial charge in [0.1, 0.15) is 13.2 Å². The number of rotatable bonds is 8. The van der Waals surface area contributed by atoms with Crippen molar-refractivity contribution in [3.63, 3.8) is 0 Å². The van der Waals surface area contributed by atoms with Crippen LogP contribution in [-0.4, -0.2) is 25.4 Å². The van der Waals surface area contributed by atoms with Crippen LogP contribution in [0, 0.1) is 5.41 Å². The predicted octanol–water partition coefficient (Wildman–Crippen LogP) is 2.81. The zero-order valence-electron chi connectivity index (χ0n) is 13.1. The molecule has 0 saturated carbocycles. The van der Waals surface area contributed by atoms with Gasteiger partial charge in [0.25, 0.3) is 0 Å². The molecular weight excluding hydrogens is 284 g/mol. The molecule has 1 aromatic rings. The standard InChI is InChI=1S/C16H24N2O4/c1-3-9-16(2,11-21-14(17)19)12-22-15(20)18-10-13-7-5-4-6-8-13/h4-8H,3,9-12H2,1-2H3,(H2,17,19)(H,18,20). The Hall–Kier alpha value is -2.24. The van der Waals surface area contributed by atoms with E-state index in [4.69, 9.17) is 15.2 Å². The number of amides is 2. The molecule has 0 saturated heterocycles. The second-order valence-electron chi connectivity index (χ2n) is 5.58. The van der Waals surface area contributed by atoms with Gasteiger partial charge in [-0.05, 0) is 12.0 Å². The molecule has 6 nitrogen and oxygen atoms in total. The molecule has 0 bridgehead atoms. The highest BCUT2D eigenvalue weighted by Gasteiger charge is 2.27. The summed E-state index contributed by atoms with van der Waals surface area (Å²) in [5.41, 5.74) is 5.54. The van der Waals surface area contributed by atoms with Gasteiger partial charge in [0.2, 0.25) is 0 Å². The van der Waals surface area contributed by atoms with E-state index in [1.807, 2.05) is 44.2 Å². The maximum Gasteiger partial charge on any atom is 0.407 e. The number of carbonyl (C=O) groups is 2. The molecule has 0 aliphatic carbocycles. The summed E-state index contributed by atoms with van der Waals surface area (Å²) in [7, 11) is 0. The number of carbonyl (C=O) groups excluding carboxylic acids is 2. The number of ether oxygens (including phenoxy) is 2. The molecule has 1 rings (SSSR count). The highest BCUT2D eigenvalue weighted by Crippen LogP contribution is 2.24. The fourth-order valence-electron chi connectivity index (χ4n) is 2.10. The fraction of sp³-hybridized carbons (Fsp3) is 0.500. The number of nitrogens with two attached hydrogens (primary N) is 1. The topological polar surface area (TPSA) is 90.7 Å². The average molecular weight is 308 g/mol. The largest absolute Gasteiger partial charge is 0.449 e. The van der Waals surface area contributed by atoms with E-state index >= 15 is 0 Å². The molecule has 0 fully saturated rings. The predicted molar refractivity (Wildman–Crippen MR) is 83.2 cm³/mol. The summed E-state index contributed by atoms with van der Waals surface area (Å²) in [6.07, 6.45) is 0.320. The van der Waals surface area contributed by atoms with Gasteiger partial charge in [0.15, 0.2) is 0 Å². The van der Waals surface area contributed by atoms with E-state index in [-0.39, 0.29) is 13.2 Å². The van der Waals surface area contributed by atoms with Crippen LogP contribution in [-0.2, 0) is 16.0 Å². The van der Waals surface area contributed by atoms with Crippen molar-refractivity contribution in [2.45, 2.75) is 33.2 Å². The lowest BCUT2D eigenvalue weighted by molar-refractivity contribution is 0.0337. The lowest BCUT2D eigenvalue weighted by atomic mass is 9.87. The van der Waals surface area contributed by atoms with E-state index in [0.29, 0.717) is 6.54 Å². The number of hydrogen-bond donors (Lipinski definition) is 2. The first-order valence-electron chi connectivity index (χ1n) is 7.32. The van der Waals surface area contributed by atoms with Crippen LogP contribution in [0.5, 0.6) is 0 Å². The fourth-order valence-corrected chi connectivity index (χ4v) is 2.10. The third-order valence-corrected chi connectivity index (χ3v) is 3.25. The van der Waals surface area contributed by atoms with Gasteiger partial charge in [-0.25, -0.2) is 9.59 Å². The summed E-state index contributed by atoms with van der Waals surface area (Å²) in [6, 6.07) is 9.56. The lowest BCUT2D eigenvalue weighted by Crippen LogP contribution is -2.35. The Bertz CT molecular complexity index is 478. The average Bonchev–Trinajstić information content (AvgIpc) is 2.50. The number of nitrogens with one attached hydrogen (secondary N) is 1. The van der Waals surface area contributed by atoms with E-state index in [2.05, 4.69) is 5.32 Å². The first-order valence-corrected chi connectivity index (χ1v) is 7.32. The van der Waals surface area contributed by atoms with Gasteiger partial charge >= 0.3 is 12.2 Å². The van der Waals surface area contributed by atoms with Crippen LogP contribution in [0.15, 0.2) is 30.3 Å². The molecule has 0 spiro atoms. The Morgan fingerprint density at radius 3 is 2.41 bits per heavy atom. The van der Waals surface area contributed by atoms with E-state index < -0.39 is 17.6 Å². The van der Waals surface area contributed by atoms with Gasteiger partial charge < -0.3 is 20.5 Å². The normalized spacial score (nSPS) is 13.0. The van der Waals surface area contributed by atoms with Crippen LogP contribution in [0.2, 0.25) is 0 Å². The molecule has 0 aliphatic heterocycles. The minimum atomic E-state index is -0.823. The van der Waals surface area contributed by atoms with Crippen LogP contribution >= 0.6 is 0 Å². The van der Waals surface area contributed by atoms with Crippen LogP contribution in [0.1, 0.15) is 32.3 Å². The smallest absolute Gasteiger partial charge is 0.407 e. The van der Waals surface area contributed by atoms with E-state index in [1.54, 1.807) is 0 Å². The first kappa shape index (κ1) is 17.8. The highest BCUT2D eigenvalue weighted by molar-refractivity contribution is 5.67. The van der Waals surface area contributed by atoms with Gasteiger partial charge in [-0.1, -0.05) is 50.6 Å². The van der Waals surface area contributed by atoms with Gasteiger partial charge in [0, 0.05) is 12.0 Å². The summed E-state index contributed by atoms with van der Waals surface area (Å²) < 4.78 is 10.1. The third kappa shape index (κ3) is 6.97. The molecule has 0 aromatic heterocycles. The van der Waals surface area contributed by atoms with Gasteiger partial charge in [-0.15, -0.1) is 0 Å². The monoisotopic (exact) mass is 308 g/mol. The van der Waals surface area contributed by atoms with Gasteiger partial charge in [0.05, 0.1) is 0 Å². The van der Waals surface area contributed by atoms with E-state index in [9.17, 15) is 9.59 Å². The Morgan fingerprint density at radius 2 is 1.82 bits per heavy atom. The number of benzene rings is 1. The van der Waals surface area contributed by atoms with Crippen LogP contribution < -0.4 is 11.1 Å². The van der Waals surface area contributed by atoms with E-state index in [1.165, 1.54) is 0 Å². The second-order valence-corrected chi connectivity index (χ2v) is 5.58. The zero-order valence-corrected chi connectivity index (χ0v) is 13.1. The maximum atomic E-state index is 11.7. The van der Waals surface area contributed by atoms with Crippen molar-refractivity contribution in [1.82, 2.24) is 5.32 Å². The molecular formula is C16H24N2O4. The molecule has 0 heterocycles. The van der Waals surface area contributed by atoms with Crippen LogP contribution in [0.4, 0.5) is 9.59 Å². The Morgan fingerprint density at radius 1 is 1.18 bits per heavy atom. The number of primary amides is 1. The minimum Gasteiger partial charge on any atom is -0.449 e. The Labute approximate surface area is 131 Å². The molecule has 0 radical (unpaired) electrons. The minimum absolute atomic E-state index is 0.127. The van der Waals surface area contributed by atoms with Crippen molar-refractivity contribution in [3.8, 4) is 0 Å². The summed E-state index contributed by atoms with van der Waals surface area (Å²) in [4.78, 5) is 22.5. The molecule has 1 aromatic carbocycles. The molecule has 1 unspecified atom stereocenters. The zero-order chi connectivity index (χ0) is 16.4. The number of hydrogen-bond acceptors (Lipinski definition) is 4.